The molecule has 2 atom stereocenters. The molecule has 0 unspecified atom stereocenters. The molecule has 2 aromatic heterocycles. The van der Waals surface area contributed by atoms with E-state index in [4.69, 9.17) is 0 Å². The van der Waals surface area contributed by atoms with Crippen LogP contribution in [-0.2, 0) is 18.4 Å². The molecule has 1 fully saturated rings. The number of rotatable bonds is 5. The molecule has 0 bridgehead atoms. The molecule has 29 heavy (non-hydrogen) atoms. The largest absolute Gasteiger partial charge is 0.348 e. The molecule has 6 heteroatoms. The van der Waals surface area contributed by atoms with E-state index in [0.717, 1.165) is 37.5 Å². The summed E-state index contributed by atoms with van der Waals surface area (Å²) >= 11 is 1.63. The summed E-state index contributed by atoms with van der Waals surface area (Å²) in [6.45, 7) is 9.00. The molecule has 1 aromatic carbocycles. The fraction of sp³-hybridized carbons (Fsp3) is 0.478. The highest BCUT2D eigenvalue weighted by molar-refractivity contribution is 7.09. The van der Waals surface area contributed by atoms with E-state index in [9.17, 15) is 4.79 Å². The normalized spacial score (nSPS) is 18.8. The van der Waals surface area contributed by atoms with Crippen LogP contribution in [0.3, 0.4) is 0 Å². The number of nitrogens with one attached hydrogen (secondary N) is 1. The average molecular weight is 411 g/mol. The van der Waals surface area contributed by atoms with Crippen LogP contribution in [0.1, 0.15) is 47.6 Å². The number of nitrogens with zero attached hydrogens (tertiary/aromatic N) is 3. The number of carbonyl (C=O) groups is 1. The van der Waals surface area contributed by atoms with Crippen LogP contribution in [-0.4, -0.2) is 33.4 Å². The van der Waals surface area contributed by atoms with Gasteiger partial charge in [-0.25, -0.2) is 4.98 Å². The highest BCUT2D eigenvalue weighted by Crippen LogP contribution is 2.33. The lowest BCUT2D eigenvalue weighted by atomic mass is 9.90. The average Bonchev–Trinajstić information content (AvgIpc) is 3.30. The van der Waals surface area contributed by atoms with Crippen LogP contribution in [0, 0.1) is 19.8 Å². The maximum atomic E-state index is 11.8. The first-order valence-electron chi connectivity index (χ1n) is 10.4. The molecule has 3 aromatic rings. The molecule has 0 saturated carbocycles. The van der Waals surface area contributed by atoms with Crippen LogP contribution in [0.5, 0.6) is 0 Å². The van der Waals surface area contributed by atoms with E-state index in [1.807, 2.05) is 11.6 Å². The summed E-state index contributed by atoms with van der Waals surface area (Å²) in [4.78, 5) is 18.9. The molecule has 5 nitrogen and oxygen atoms in total. The zero-order valence-electron chi connectivity index (χ0n) is 17.7. The first-order valence-corrected chi connectivity index (χ1v) is 11.3. The number of piperidine rings is 1. The van der Waals surface area contributed by atoms with Gasteiger partial charge in [-0.05, 0) is 56.3 Å². The standard InChI is InChI=1S/C23H30N4OS/c1-15-7-8-19-20(16(2)26(4)21(19)12-15)14-27-10-5-6-18(13-27)22(25-17(3)28)23-24-9-11-29-23/h7-9,11-12,18,22H,5-6,10,13-14H2,1-4H3,(H,25,28)/t18-,22+/m0/s1. The summed E-state index contributed by atoms with van der Waals surface area (Å²) < 4.78 is 2.31. The number of fused-ring (bicyclic) bond motifs is 1. The van der Waals surface area contributed by atoms with Crippen LogP contribution < -0.4 is 5.32 Å². The highest BCUT2D eigenvalue weighted by Gasteiger charge is 2.31. The summed E-state index contributed by atoms with van der Waals surface area (Å²) in [5.74, 6) is 0.402. The molecule has 4 rings (SSSR count). The van der Waals surface area contributed by atoms with Crippen molar-refractivity contribution in [3.63, 3.8) is 0 Å². The second kappa shape index (κ2) is 8.28. The maximum Gasteiger partial charge on any atom is 0.217 e. The van der Waals surface area contributed by atoms with Crippen molar-refractivity contribution in [2.24, 2.45) is 13.0 Å². The monoisotopic (exact) mass is 410 g/mol. The Kier molecular flexibility index (Phi) is 5.74. The molecule has 1 amide bonds. The van der Waals surface area contributed by atoms with Crippen molar-refractivity contribution in [2.45, 2.75) is 46.2 Å². The fourth-order valence-electron chi connectivity index (χ4n) is 4.67. The van der Waals surface area contributed by atoms with Crippen LogP contribution in [0.25, 0.3) is 10.9 Å². The Morgan fingerprint density at radius 1 is 1.38 bits per heavy atom. The molecule has 0 radical (unpaired) electrons. The number of likely N-dealkylation sites (tertiary alicyclic amines) is 1. The third-order valence-electron chi connectivity index (χ3n) is 6.25. The molecule has 3 heterocycles. The smallest absolute Gasteiger partial charge is 0.217 e. The summed E-state index contributed by atoms with van der Waals surface area (Å²) in [5.41, 5.74) is 5.37. The van der Waals surface area contributed by atoms with Gasteiger partial charge in [-0.15, -0.1) is 11.3 Å². The minimum absolute atomic E-state index is 0.00608. The maximum absolute atomic E-state index is 11.8. The Morgan fingerprint density at radius 2 is 2.21 bits per heavy atom. The Bertz CT molecular complexity index is 1010. The van der Waals surface area contributed by atoms with Gasteiger partial charge in [0.05, 0.1) is 6.04 Å². The van der Waals surface area contributed by atoms with E-state index >= 15 is 0 Å². The molecule has 1 N–H and O–H groups in total. The van der Waals surface area contributed by atoms with Crippen molar-refractivity contribution in [3.05, 3.63) is 51.6 Å². The van der Waals surface area contributed by atoms with Gasteiger partial charge < -0.3 is 9.88 Å². The zero-order valence-corrected chi connectivity index (χ0v) is 18.6. The second-order valence-electron chi connectivity index (χ2n) is 8.33. The molecular weight excluding hydrogens is 380 g/mol. The van der Waals surface area contributed by atoms with Gasteiger partial charge >= 0.3 is 0 Å². The van der Waals surface area contributed by atoms with Gasteiger partial charge in [0, 0.05) is 55.2 Å². The van der Waals surface area contributed by atoms with E-state index in [1.54, 1.807) is 18.3 Å². The highest BCUT2D eigenvalue weighted by atomic mass is 32.1. The van der Waals surface area contributed by atoms with Crippen molar-refractivity contribution in [3.8, 4) is 0 Å². The number of hydrogen-bond donors (Lipinski definition) is 1. The molecule has 1 saturated heterocycles. The van der Waals surface area contributed by atoms with Crippen LogP contribution >= 0.6 is 11.3 Å². The lowest BCUT2D eigenvalue weighted by Gasteiger charge is -2.36. The van der Waals surface area contributed by atoms with E-state index in [2.05, 4.69) is 58.9 Å². The lowest BCUT2D eigenvalue weighted by molar-refractivity contribution is -0.120. The van der Waals surface area contributed by atoms with Crippen molar-refractivity contribution < 1.29 is 4.79 Å². The first-order chi connectivity index (χ1) is 13.9. The van der Waals surface area contributed by atoms with Gasteiger partial charge in [0.15, 0.2) is 0 Å². The fourth-order valence-corrected chi connectivity index (χ4v) is 5.45. The number of aromatic nitrogens is 2. The molecule has 1 aliphatic heterocycles. The number of carbonyl (C=O) groups excluding carboxylic acids is 1. The Labute approximate surface area is 176 Å². The predicted molar refractivity (Wildman–Crippen MR) is 119 cm³/mol. The van der Waals surface area contributed by atoms with Gasteiger partial charge in [0.25, 0.3) is 0 Å². The number of thiazole rings is 1. The van der Waals surface area contributed by atoms with Crippen LogP contribution in [0.15, 0.2) is 29.8 Å². The number of aryl methyl sites for hydroxylation is 2. The summed E-state index contributed by atoms with van der Waals surface area (Å²) in [5, 5.41) is 7.53. The topological polar surface area (TPSA) is 50.2 Å². The molecule has 0 aliphatic carbocycles. The van der Waals surface area contributed by atoms with E-state index in [-0.39, 0.29) is 11.9 Å². The van der Waals surface area contributed by atoms with Crippen molar-refractivity contribution in [1.29, 1.82) is 0 Å². The van der Waals surface area contributed by atoms with Crippen LogP contribution in [0.4, 0.5) is 0 Å². The van der Waals surface area contributed by atoms with Gasteiger partial charge in [0.1, 0.15) is 5.01 Å². The number of hydrogen-bond acceptors (Lipinski definition) is 4. The van der Waals surface area contributed by atoms with Gasteiger partial charge in [-0.1, -0.05) is 12.1 Å². The summed E-state index contributed by atoms with van der Waals surface area (Å²) in [6, 6.07) is 6.76. The van der Waals surface area contributed by atoms with Gasteiger partial charge in [-0.3, -0.25) is 9.69 Å². The summed E-state index contributed by atoms with van der Waals surface area (Å²) in [7, 11) is 2.16. The number of amides is 1. The van der Waals surface area contributed by atoms with Crippen molar-refractivity contribution in [1.82, 2.24) is 19.8 Å². The van der Waals surface area contributed by atoms with Gasteiger partial charge in [-0.2, -0.15) is 0 Å². The van der Waals surface area contributed by atoms with Crippen LogP contribution in [0.2, 0.25) is 0 Å². The zero-order chi connectivity index (χ0) is 20.5. The third-order valence-corrected chi connectivity index (χ3v) is 7.11. The third kappa shape index (κ3) is 4.09. The minimum Gasteiger partial charge on any atom is -0.348 e. The quantitative estimate of drug-likeness (QED) is 0.681. The Morgan fingerprint density at radius 3 is 2.93 bits per heavy atom. The molecule has 0 spiro atoms. The number of benzene rings is 1. The summed E-state index contributed by atoms with van der Waals surface area (Å²) in [6.07, 6.45) is 4.10. The van der Waals surface area contributed by atoms with Crippen molar-refractivity contribution in [2.75, 3.05) is 13.1 Å². The van der Waals surface area contributed by atoms with E-state index in [0.29, 0.717) is 5.92 Å². The Balaban J connectivity index is 1.57. The molecule has 154 valence electrons. The Hall–Kier alpha value is -2.18. The first kappa shape index (κ1) is 20.1. The second-order valence-corrected chi connectivity index (χ2v) is 9.26. The van der Waals surface area contributed by atoms with E-state index < -0.39 is 0 Å². The SMILES string of the molecule is CC(=O)N[C@@H](c1nccs1)[C@H]1CCCN(Cc2c(C)n(C)c3cc(C)ccc23)C1. The minimum atomic E-state index is 0.00608. The lowest BCUT2D eigenvalue weighted by Crippen LogP contribution is -2.42. The molecule has 1 aliphatic rings. The van der Waals surface area contributed by atoms with E-state index in [1.165, 1.54) is 27.7 Å². The van der Waals surface area contributed by atoms with Gasteiger partial charge in [0.2, 0.25) is 5.91 Å². The predicted octanol–water partition coefficient (Wildman–Crippen LogP) is 4.34. The van der Waals surface area contributed by atoms with Crippen molar-refractivity contribution >= 4 is 28.1 Å². The molecular formula is C23H30N4OS.